The van der Waals surface area contributed by atoms with E-state index in [1.807, 2.05) is 30.3 Å². The molecule has 5 aromatic rings. The molecule has 12 heteroatoms. The second-order valence-electron chi connectivity index (χ2n) is 8.87. The maximum atomic E-state index is 13.0. The molecule has 0 aliphatic carbocycles. The molecule has 0 saturated heterocycles. The fourth-order valence-corrected chi connectivity index (χ4v) is 4.18. The van der Waals surface area contributed by atoms with Crippen LogP contribution >= 0.6 is 11.6 Å². The van der Waals surface area contributed by atoms with E-state index in [1.165, 1.54) is 37.7 Å². The highest BCUT2D eigenvalue weighted by atomic mass is 35.5. The van der Waals surface area contributed by atoms with Gasteiger partial charge in [0.25, 0.3) is 0 Å². The van der Waals surface area contributed by atoms with Gasteiger partial charge >= 0.3 is 12.2 Å². The summed E-state index contributed by atoms with van der Waals surface area (Å²) in [7, 11) is 1.52. The second-order valence-corrected chi connectivity index (χ2v) is 9.28. The lowest BCUT2D eigenvalue weighted by atomic mass is 10.2. The summed E-state index contributed by atoms with van der Waals surface area (Å²) < 4.78 is 56.3. The van der Waals surface area contributed by atoms with Gasteiger partial charge in [-0.15, -0.1) is 0 Å². The van der Waals surface area contributed by atoms with E-state index in [1.54, 1.807) is 18.2 Å². The van der Waals surface area contributed by atoms with Gasteiger partial charge in [-0.25, -0.2) is 14.8 Å². The number of fused-ring (bicyclic) bond motifs is 1. The number of aromatic nitrogens is 2. The Morgan fingerprint density at radius 3 is 2.45 bits per heavy atom. The first-order chi connectivity index (χ1) is 20.2. The molecular weight excluding hydrogens is 573 g/mol. The summed E-state index contributed by atoms with van der Waals surface area (Å²) in [6.07, 6.45) is -3.19. The van der Waals surface area contributed by atoms with E-state index in [2.05, 4.69) is 20.6 Å². The first-order valence-electron chi connectivity index (χ1n) is 12.4. The molecule has 0 radical (unpaired) electrons. The Balaban J connectivity index is 1.30. The maximum absolute atomic E-state index is 13.0. The van der Waals surface area contributed by atoms with Crippen molar-refractivity contribution in [3.05, 3.63) is 107 Å². The van der Waals surface area contributed by atoms with Crippen LogP contribution in [0.4, 0.5) is 29.3 Å². The quantitative estimate of drug-likeness (QED) is 0.188. The number of rotatable bonds is 8. The molecule has 4 aromatic carbocycles. The topological polar surface area (TPSA) is 94.6 Å². The summed E-state index contributed by atoms with van der Waals surface area (Å²) in [5, 5.41) is 5.55. The van der Waals surface area contributed by atoms with Crippen molar-refractivity contribution >= 4 is 39.9 Å². The van der Waals surface area contributed by atoms with Gasteiger partial charge in [0.2, 0.25) is 5.88 Å². The zero-order chi connectivity index (χ0) is 29.7. The number of methoxy groups -OCH3 is 1. The van der Waals surface area contributed by atoms with Crippen LogP contribution in [0.5, 0.6) is 23.1 Å². The highest BCUT2D eigenvalue weighted by molar-refractivity contribution is 6.34. The number of alkyl halides is 3. The summed E-state index contributed by atoms with van der Waals surface area (Å²) in [6, 6.07) is 21.1. The number of nitrogens with one attached hydrogen (secondary N) is 2. The molecule has 0 saturated carbocycles. The first-order valence-corrected chi connectivity index (χ1v) is 12.8. The lowest BCUT2D eigenvalue weighted by Crippen LogP contribution is -2.20. The van der Waals surface area contributed by atoms with Crippen LogP contribution in [0.1, 0.15) is 11.1 Å². The number of ether oxygens (including phenoxy) is 3. The summed E-state index contributed by atoms with van der Waals surface area (Å²) >= 11 is 6.36. The smallest absolute Gasteiger partial charge is 0.416 e. The van der Waals surface area contributed by atoms with Crippen molar-refractivity contribution in [1.29, 1.82) is 0 Å². The van der Waals surface area contributed by atoms with Crippen molar-refractivity contribution < 1.29 is 32.2 Å². The van der Waals surface area contributed by atoms with Crippen molar-refractivity contribution in [3.63, 3.8) is 0 Å². The van der Waals surface area contributed by atoms with E-state index in [4.69, 9.17) is 25.8 Å². The average molecular weight is 595 g/mol. The van der Waals surface area contributed by atoms with Crippen LogP contribution in [-0.4, -0.2) is 23.1 Å². The van der Waals surface area contributed by atoms with E-state index in [0.717, 1.165) is 17.7 Å². The van der Waals surface area contributed by atoms with Crippen LogP contribution in [0.25, 0.3) is 10.9 Å². The minimum atomic E-state index is -4.54. The van der Waals surface area contributed by atoms with Gasteiger partial charge in [-0.05, 0) is 42.0 Å². The molecule has 0 atom stereocenters. The van der Waals surface area contributed by atoms with Gasteiger partial charge in [0.15, 0.2) is 11.5 Å². The summed E-state index contributed by atoms with van der Waals surface area (Å²) in [6.45, 7) is 0.341. The number of halogens is 4. The van der Waals surface area contributed by atoms with Gasteiger partial charge < -0.3 is 24.8 Å². The Morgan fingerprint density at radius 1 is 0.905 bits per heavy atom. The number of amides is 2. The lowest BCUT2D eigenvalue weighted by Gasteiger charge is -2.14. The van der Waals surface area contributed by atoms with Gasteiger partial charge in [-0.2, -0.15) is 13.2 Å². The predicted molar refractivity (Wildman–Crippen MR) is 152 cm³/mol. The highest BCUT2D eigenvalue weighted by Crippen LogP contribution is 2.37. The standard InChI is InChI=1S/C30H22ClF3N4O4/c1-40-26-14-22-25(15-27(26)41-16-18-6-3-2-4-7-18)35-17-36-28(22)42-21-10-11-24(23(31)13-21)38-29(39)37-20-9-5-8-19(12-20)30(32,33)34/h2-15,17H,16H2,1H3,(H2,37,38,39). The second kappa shape index (κ2) is 12.2. The number of hydrogen-bond acceptors (Lipinski definition) is 6. The van der Waals surface area contributed by atoms with Crippen molar-refractivity contribution in [2.75, 3.05) is 17.7 Å². The molecule has 0 bridgehead atoms. The van der Waals surface area contributed by atoms with Gasteiger partial charge in [0.1, 0.15) is 18.7 Å². The van der Waals surface area contributed by atoms with Crippen LogP contribution in [0.2, 0.25) is 5.02 Å². The molecule has 0 fully saturated rings. The molecule has 1 heterocycles. The molecular formula is C30H22ClF3N4O4. The summed E-state index contributed by atoms with van der Waals surface area (Å²) in [4.78, 5) is 21.0. The minimum Gasteiger partial charge on any atom is -0.493 e. The van der Waals surface area contributed by atoms with Crippen LogP contribution in [0.3, 0.4) is 0 Å². The van der Waals surface area contributed by atoms with E-state index in [0.29, 0.717) is 34.8 Å². The van der Waals surface area contributed by atoms with Crippen molar-refractivity contribution in [2.45, 2.75) is 12.8 Å². The normalized spacial score (nSPS) is 11.2. The fraction of sp³-hybridized carbons (Fsp3) is 0.100. The zero-order valence-electron chi connectivity index (χ0n) is 21.9. The Morgan fingerprint density at radius 2 is 1.71 bits per heavy atom. The molecule has 0 aliphatic heterocycles. The van der Waals surface area contributed by atoms with Gasteiger partial charge in [0, 0.05) is 17.8 Å². The Bertz CT molecular complexity index is 1740. The number of hydrogen-bond donors (Lipinski definition) is 2. The van der Waals surface area contributed by atoms with Crippen LogP contribution < -0.4 is 24.8 Å². The number of anilines is 2. The predicted octanol–water partition coefficient (Wildman–Crippen LogP) is 8.33. The van der Waals surface area contributed by atoms with Crippen LogP contribution in [-0.2, 0) is 12.8 Å². The van der Waals surface area contributed by atoms with Crippen LogP contribution in [0.15, 0.2) is 91.3 Å². The van der Waals surface area contributed by atoms with E-state index >= 15 is 0 Å². The average Bonchev–Trinajstić information content (AvgIpc) is 2.97. The van der Waals surface area contributed by atoms with Crippen molar-refractivity contribution in [2.24, 2.45) is 0 Å². The lowest BCUT2D eigenvalue weighted by molar-refractivity contribution is -0.137. The molecule has 0 aliphatic rings. The monoisotopic (exact) mass is 594 g/mol. The Hall–Kier alpha value is -5.03. The molecule has 0 spiro atoms. The van der Waals surface area contributed by atoms with E-state index in [-0.39, 0.29) is 22.3 Å². The largest absolute Gasteiger partial charge is 0.493 e. The molecule has 214 valence electrons. The molecule has 2 amide bonds. The molecule has 2 N–H and O–H groups in total. The zero-order valence-corrected chi connectivity index (χ0v) is 22.7. The van der Waals surface area contributed by atoms with Crippen molar-refractivity contribution in [3.8, 4) is 23.1 Å². The number of urea groups is 1. The van der Waals surface area contributed by atoms with E-state index < -0.39 is 17.8 Å². The van der Waals surface area contributed by atoms with Gasteiger partial charge in [0.05, 0.1) is 34.3 Å². The molecule has 1 aromatic heterocycles. The molecule has 42 heavy (non-hydrogen) atoms. The van der Waals surface area contributed by atoms with Gasteiger partial charge in [-0.1, -0.05) is 48.0 Å². The first kappa shape index (κ1) is 28.5. The Kier molecular flexibility index (Phi) is 8.30. The maximum Gasteiger partial charge on any atom is 0.416 e. The van der Waals surface area contributed by atoms with Crippen molar-refractivity contribution in [1.82, 2.24) is 9.97 Å². The third-order valence-electron chi connectivity index (χ3n) is 5.97. The fourth-order valence-electron chi connectivity index (χ4n) is 3.96. The number of benzene rings is 4. The molecule has 8 nitrogen and oxygen atoms in total. The van der Waals surface area contributed by atoms with Gasteiger partial charge in [-0.3, -0.25) is 0 Å². The minimum absolute atomic E-state index is 0.0295. The summed E-state index contributed by atoms with van der Waals surface area (Å²) in [5.41, 5.74) is 0.848. The highest BCUT2D eigenvalue weighted by Gasteiger charge is 2.30. The number of carbonyl (C=O) groups is 1. The summed E-state index contributed by atoms with van der Waals surface area (Å²) in [5.74, 6) is 1.50. The van der Waals surface area contributed by atoms with Crippen LogP contribution in [0, 0.1) is 0 Å². The third kappa shape index (κ3) is 6.81. The molecule has 5 rings (SSSR count). The number of carbonyl (C=O) groups excluding carboxylic acids is 1. The number of nitrogens with zero attached hydrogens (tertiary/aromatic N) is 2. The SMILES string of the molecule is COc1cc2c(Oc3ccc(NC(=O)Nc4cccc(C(F)(F)F)c4)c(Cl)c3)ncnc2cc1OCc1ccccc1. The third-order valence-corrected chi connectivity index (χ3v) is 6.29. The Labute approximate surface area is 243 Å². The van der Waals surface area contributed by atoms with E-state index in [9.17, 15) is 18.0 Å². The molecule has 0 unspecified atom stereocenters.